The average Bonchev–Trinajstić information content (AvgIpc) is 2.93. The van der Waals surface area contributed by atoms with Crippen LogP contribution in [0.3, 0.4) is 0 Å². The van der Waals surface area contributed by atoms with Crippen LogP contribution in [0.5, 0.6) is 0 Å². The highest BCUT2D eigenvalue weighted by Crippen LogP contribution is 2.37. The maximum atomic E-state index is 13.4. The molecule has 0 aliphatic heterocycles. The molecule has 2 rings (SSSR count). The van der Waals surface area contributed by atoms with E-state index in [1.807, 2.05) is 0 Å². The summed E-state index contributed by atoms with van der Waals surface area (Å²) in [6.45, 7) is 1.75. The van der Waals surface area contributed by atoms with Crippen molar-refractivity contribution >= 4 is 27.5 Å². The summed E-state index contributed by atoms with van der Waals surface area (Å²) in [5.74, 6) is -2.00. The molecule has 0 saturated heterocycles. The molecule has 8 heteroatoms. The number of hydrogen-bond acceptors (Lipinski definition) is 3. The average molecular weight is 307 g/mol. The number of sulfonamides is 1. The Labute approximate surface area is 115 Å². The van der Waals surface area contributed by atoms with Crippen molar-refractivity contribution in [2.75, 3.05) is 0 Å². The van der Waals surface area contributed by atoms with E-state index >= 15 is 0 Å². The first-order valence-corrected chi connectivity index (χ1v) is 7.34. The molecule has 1 aromatic rings. The minimum absolute atomic E-state index is 0.292. The number of rotatable bonds is 4. The van der Waals surface area contributed by atoms with Gasteiger partial charge in [0.25, 0.3) is 5.91 Å². The van der Waals surface area contributed by atoms with E-state index in [2.05, 4.69) is 4.72 Å². The molecule has 1 saturated carbocycles. The lowest BCUT2D eigenvalue weighted by molar-refractivity contribution is 0.0996. The molecule has 0 atom stereocenters. The van der Waals surface area contributed by atoms with Gasteiger partial charge in [0, 0.05) is 5.54 Å². The monoisotopic (exact) mass is 306 g/mol. The summed E-state index contributed by atoms with van der Waals surface area (Å²) in [7, 11) is -3.92. The normalized spacial score (nSPS) is 17.2. The molecule has 0 bridgehead atoms. The first kappa shape index (κ1) is 14.2. The van der Waals surface area contributed by atoms with Crippen LogP contribution in [0, 0.1) is 5.82 Å². The van der Waals surface area contributed by atoms with Crippen molar-refractivity contribution in [3.05, 3.63) is 28.5 Å². The second-order valence-electron chi connectivity index (χ2n) is 4.79. The zero-order valence-corrected chi connectivity index (χ0v) is 11.6. The van der Waals surface area contributed by atoms with Crippen molar-refractivity contribution in [2.45, 2.75) is 30.2 Å². The zero-order valence-electron chi connectivity index (χ0n) is 10.0. The largest absolute Gasteiger partial charge is 0.366 e. The van der Waals surface area contributed by atoms with Crippen molar-refractivity contribution in [1.82, 2.24) is 4.72 Å². The van der Waals surface area contributed by atoms with Crippen LogP contribution >= 0.6 is 11.6 Å². The molecular weight excluding hydrogens is 295 g/mol. The third-order valence-electron chi connectivity index (χ3n) is 2.96. The Kier molecular flexibility index (Phi) is 3.32. The number of amides is 1. The molecule has 0 spiro atoms. The van der Waals surface area contributed by atoms with E-state index in [-0.39, 0.29) is 9.92 Å². The molecule has 3 N–H and O–H groups in total. The number of primary amides is 1. The van der Waals surface area contributed by atoms with Crippen molar-refractivity contribution in [2.24, 2.45) is 5.73 Å². The second kappa shape index (κ2) is 4.43. The first-order chi connectivity index (χ1) is 8.65. The van der Waals surface area contributed by atoms with Gasteiger partial charge in [0.2, 0.25) is 10.0 Å². The molecule has 1 aromatic carbocycles. The lowest BCUT2D eigenvalue weighted by atomic mass is 10.2. The molecule has 19 heavy (non-hydrogen) atoms. The van der Waals surface area contributed by atoms with E-state index < -0.39 is 32.9 Å². The molecule has 0 heterocycles. The predicted octanol–water partition coefficient (Wildman–Crippen LogP) is 1.41. The SMILES string of the molecule is CC1(NS(=O)(=O)c2cc(C(N)=O)c(F)cc2Cl)CC1. The van der Waals surface area contributed by atoms with E-state index in [1.54, 1.807) is 6.92 Å². The Morgan fingerprint density at radius 1 is 1.47 bits per heavy atom. The Bertz CT molecular complexity index is 656. The van der Waals surface area contributed by atoms with Gasteiger partial charge in [-0.3, -0.25) is 4.79 Å². The molecule has 1 aliphatic rings. The second-order valence-corrected chi connectivity index (χ2v) is 6.85. The van der Waals surface area contributed by atoms with Gasteiger partial charge in [0.1, 0.15) is 10.7 Å². The third-order valence-corrected chi connectivity index (χ3v) is 5.06. The molecule has 5 nitrogen and oxygen atoms in total. The summed E-state index contributed by atoms with van der Waals surface area (Å²) in [5, 5.41) is -0.292. The molecule has 1 aliphatic carbocycles. The fourth-order valence-corrected chi connectivity index (χ4v) is 3.60. The first-order valence-electron chi connectivity index (χ1n) is 5.47. The Balaban J connectivity index is 2.49. The lowest BCUT2D eigenvalue weighted by Crippen LogP contribution is -2.34. The van der Waals surface area contributed by atoms with E-state index in [0.29, 0.717) is 12.8 Å². The number of benzene rings is 1. The number of carbonyl (C=O) groups excluding carboxylic acids is 1. The van der Waals surface area contributed by atoms with Crippen LogP contribution < -0.4 is 10.5 Å². The van der Waals surface area contributed by atoms with Crippen LogP contribution in [0.25, 0.3) is 0 Å². The number of halogens is 2. The highest BCUT2D eigenvalue weighted by molar-refractivity contribution is 7.89. The quantitative estimate of drug-likeness (QED) is 0.881. The van der Waals surface area contributed by atoms with E-state index in [1.165, 1.54) is 0 Å². The van der Waals surface area contributed by atoms with Crippen molar-refractivity contribution < 1.29 is 17.6 Å². The molecule has 0 radical (unpaired) electrons. The van der Waals surface area contributed by atoms with Gasteiger partial charge >= 0.3 is 0 Å². The lowest BCUT2D eigenvalue weighted by Gasteiger charge is -2.14. The maximum Gasteiger partial charge on any atom is 0.251 e. The summed E-state index contributed by atoms with van der Waals surface area (Å²) in [6.07, 6.45) is 1.43. The van der Waals surface area contributed by atoms with Gasteiger partial charge in [-0.1, -0.05) is 11.6 Å². The zero-order chi connectivity index (χ0) is 14.4. The van der Waals surface area contributed by atoms with E-state index in [0.717, 1.165) is 12.1 Å². The minimum Gasteiger partial charge on any atom is -0.366 e. The van der Waals surface area contributed by atoms with Gasteiger partial charge in [-0.15, -0.1) is 0 Å². The van der Waals surface area contributed by atoms with Crippen LogP contribution in [-0.2, 0) is 10.0 Å². The maximum absolute atomic E-state index is 13.4. The molecule has 0 unspecified atom stereocenters. The Morgan fingerprint density at radius 3 is 2.53 bits per heavy atom. The van der Waals surface area contributed by atoms with Gasteiger partial charge in [-0.25, -0.2) is 17.5 Å². The van der Waals surface area contributed by atoms with Crippen molar-refractivity contribution in [3.63, 3.8) is 0 Å². The van der Waals surface area contributed by atoms with Gasteiger partial charge < -0.3 is 5.73 Å². The van der Waals surface area contributed by atoms with Crippen LogP contribution in [-0.4, -0.2) is 19.9 Å². The fourth-order valence-electron chi connectivity index (χ4n) is 1.59. The fraction of sp³-hybridized carbons (Fsp3) is 0.364. The molecule has 0 aromatic heterocycles. The van der Waals surface area contributed by atoms with Crippen LogP contribution in [0.2, 0.25) is 5.02 Å². The third kappa shape index (κ3) is 2.88. The summed E-state index contributed by atoms with van der Waals surface area (Å²) >= 11 is 5.73. The van der Waals surface area contributed by atoms with Gasteiger partial charge in [-0.2, -0.15) is 0 Å². The summed E-state index contributed by atoms with van der Waals surface area (Å²) < 4.78 is 40.1. The number of carbonyl (C=O) groups is 1. The molecular formula is C11H12ClFN2O3S. The highest BCUT2D eigenvalue weighted by Gasteiger charge is 2.41. The number of nitrogens with two attached hydrogens (primary N) is 1. The number of nitrogens with one attached hydrogen (secondary N) is 1. The van der Waals surface area contributed by atoms with Crippen molar-refractivity contribution in [1.29, 1.82) is 0 Å². The minimum atomic E-state index is -3.92. The van der Waals surface area contributed by atoms with Crippen LogP contribution in [0.4, 0.5) is 4.39 Å². The molecule has 1 amide bonds. The highest BCUT2D eigenvalue weighted by atomic mass is 35.5. The van der Waals surface area contributed by atoms with E-state index in [4.69, 9.17) is 17.3 Å². The van der Waals surface area contributed by atoms with Gasteiger partial charge in [0.15, 0.2) is 0 Å². The molecule has 104 valence electrons. The standard InChI is InChI=1S/C11H12ClFN2O3S/c1-11(2-3-11)15-19(17,18)9-4-6(10(14)16)8(13)5-7(9)12/h4-5,15H,2-3H2,1H3,(H2,14,16). The summed E-state index contributed by atoms with van der Waals surface area (Å²) in [4.78, 5) is 10.7. The topological polar surface area (TPSA) is 89.3 Å². The van der Waals surface area contributed by atoms with Gasteiger partial charge in [-0.05, 0) is 31.9 Å². The Morgan fingerprint density at radius 2 is 2.05 bits per heavy atom. The smallest absolute Gasteiger partial charge is 0.251 e. The van der Waals surface area contributed by atoms with E-state index in [9.17, 15) is 17.6 Å². The van der Waals surface area contributed by atoms with Crippen LogP contribution in [0.1, 0.15) is 30.1 Å². The van der Waals surface area contributed by atoms with Crippen LogP contribution in [0.15, 0.2) is 17.0 Å². The predicted molar refractivity (Wildman–Crippen MR) is 67.9 cm³/mol. The molecule has 1 fully saturated rings. The van der Waals surface area contributed by atoms with Gasteiger partial charge in [0.05, 0.1) is 10.6 Å². The summed E-state index contributed by atoms with van der Waals surface area (Å²) in [5.41, 5.74) is 3.97. The van der Waals surface area contributed by atoms with Crippen molar-refractivity contribution in [3.8, 4) is 0 Å². The summed E-state index contributed by atoms with van der Waals surface area (Å²) in [6, 6.07) is 1.62. The number of hydrogen-bond donors (Lipinski definition) is 2. The Hall–Kier alpha value is -1.18.